The van der Waals surface area contributed by atoms with Crippen molar-refractivity contribution in [3.8, 4) is 11.1 Å². The van der Waals surface area contributed by atoms with Crippen molar-refractivity contribution in [1.82, 2.24) is 19.8 Å². The molecule has 0 spiro atoms. The molecule has 5 rings (SSSR count). The van der Waals surface area contributed by atoms with Crippen molar-refractivity contribution >= 4 is 22.8 Å². The van der Waals surface area contributed by atoms with Crippen molar-refractivity contribution in [2.24, 2.45) is 7.05 Å². The highest BCUT2D eigenvalue weighted by Gasteiger charge is 2.31. The van der Waals surface area contributed by atoms with Crippen molar-refractivity contribution in [3.05, 3.63) is 58.0 Å². The van der Waals surface area contributed by atoms with E-state index in [1.807, 2.05) is 18.2 Å². The minimum Gasteiger partial charge on any atom is -0.312 e. The first kappa shape index (κ1) is 17.9. The van der Waals surface area contributed by atoms with E-state index in [1.54, 1.807) is 11.6 Å². The zero-order valence-corrected chi connectivity index (χ0v) is 16.2. The van der Waals surface area contributed by atoms with Crippen LogP contribution in [0.4, 0.5) is 0 Å². The summed E-state index contributed by atoms with van der Waals surface area (Å²) >= 11 is 0. The Bertz CT molecular complexity index is 1220. The lowest BCUT2D eigenvalue weighted by Gasteiger charge is -2.22. The van der Waals surface area contributed by atoms with Crippen molar-refractivity contribution in [3.63, 3.8) is 0 Å². The van der Waals surface area contributed by atoms with Crippen molar-refractivity contribution in [2.45, 2.75) is 31.8 Å². The maximum absolute atomic E-state index is 13.1. The van der Waals surface area contributed by atoms with E-state index in [1.165, 1.54) is 15.7 Å². The molecule has 2 aliphatic heterocycles. The van der Waals surface area contributed by atoms with Gasteiger partial charge >= 0.3 is 5.69 Å². The minimum absolute atomic E-state index is 0.233. The number of para-hydroxylation sites is 1. The van der Waals surface area contributed by atoms with Gasteiger partial charge in [0.2, 0.25) is 11.8 Å². The number of benzene rings is 2. The Morgan fingerprint density at radius 2 is 1.90 bits per heavy atom. The molecule has 0 saturated carbocycles. The van der Waals surface area contributed by atoms with Gasteiger partial charge in [-0.15, -0.1) is 0 Å². The number of carbonyl (C=O) groups excluding carboxylic acids is 2. The molecule has 1 aromatic heterocycles. The second kappa shape index (κ2) is 6.70. The summed E-state index contributed by atoms with van der Waals surface area (Å²) in [6, 6.07) is 11.6. The van der Waals surface area contributed by atoms with Crippen LogP contribution in [0.1, 0.15) is 30.0 Å². The largest absolute Gasteiger partial charge is 0.329 e. The molecule has 148 valence electrons. The predicted molar refractivity (Wildman–Crippen MR) is 109 cm³/mol. The first-order chi connectivity index (χ1) is 14.0. The molecule has 0 bridgehead atoms. The first-order valence-corrected chi connectivity index (χ1v) is 9.91. The van der Waals surface area contributed by atoms with Crippen LogP contribution in [0.5, 0.6) is 0 Å². The maximum atomic E-state index is 13.1. The molecule has 7 nitrogen and oxygen atoms in total. The van der Waals surface area contributed by atoms with Crippen LogP contribution in [0.25, 0.3) is 22.2 Å². The molecule has 2 N–H and O–H groups in total. The second-order valence-electron chi connectivity index (χ2n) is 7.76. The Morgan fingerprint density at radius 1 is 1.03 bits per heavy atom. The van der Waals surface area contributed by atoms with Gasteiger partial charge in [0.1, 0.15) is 6.04 Å². The SMILES string of the molecule is Cn1c(=O)n(C2CCC(=O)NC2=O)c2cccc(-c3ccc4c(c3)CNCC4)c21. The van der Waals surface area contributed by atoms with Crippen LogP contribution in [0.3, 0.4) is 0 Å². The summed E-state index contributed by atoms with van der Waals surface area (Å²) in [5, 5.41) is 5.76. The summed E-state index contributed by atoms with van der Waals surface area (Å²) < 4.78 is 3.13. The van der Waals surface area contributed by atoms with Gasteiger partial charge < -0.3 is 5.32 Å². The van der Waals surface area contributed by atoms with Gasteiger partial charge in [0, 0.05) is 25.6 Å². The van der Waals surface area contributed by atoms with E-state index in [2.05, 4.69) is 28.8 Å². The Kier molecular flexibility index (Phi) is 4.13. The maximum Gasteiger partial charge on any atom is 0.329 e. The summed E-state index contributed by atoms with van der Waals surface area (Å²) in [7, 11) is 1.73. The van der Waals surface area contributed by atoms with Crippen molar-refractivity contribution < 1.29 is 9.59 Å². The summed E-state index contributed by atoms with van der Waals surface area (Å²) in [6.07, 6.45) is 1.58. The fraction of sp³-hybridized carbons (Fsp3) is 0.318. The van der Waals surface area contributed by atoms with Gasteiger partial charge in [0.25, 0.3) is 0 Å². The Hall–Kier alpha value is -3.19. The number of nitrogens with zero attached hydrogens (tertiary/aromatic N) is 2. The van der Waals surface area contributed by atoms with Crippen LogP contribution in [-0.4, -0.2) is 27.5 Å². The number of fused-ring (bicyclic) bond motifs is 2. The summed E-state index contributed by atoms with van der Waals surface area (Å²) in [4.78, 5) is 37.0. The lowest BCUT2D eigenvalue weighted by atomic mass is 9.95. The number of aryl methyl sites for hydroxylation is 1. The summed E-state index contributed by atoms with van der Waals surface area (Å²) in [5.41, 5.74) is 5.90. The average molecular weight is 390 g/mol. The van der Waals surface area contributed by atoms with Gasteiger partial charge in [-0.05, 0) is 48.2 Å². The van der Waals surface area contributed by atoms with Crippen LogP contribution >= 0.6 is 0 Å². The van der Waals surface area contributed by atoms with Crippen LogP contribution in [0, 0.1) is 0 Å². The molecule has 7 heteroatoms. The molecule has 2 aromatic carbocycles. The third-order valence-corrected chi connectivity index (χ3v) is 6.03. The number of aromatic nitrogens is 2. The zero-order chi connectivity index (χ0) is 20.1. The van der Waals surface area contributed by atoms with Gasteiger partial charge in [0.15, 0.2) is 0 Å². The third kappa shape index (κ3) is 2.81. The molecule has 0 radical (unpaired) electrons. The Balaban J connectivity index is 1.69. The second-order valence-corrected chi connectivity index (χ2v) is 7.76. The van der Waals surface area contributed by atoms with Gasteiger partial charge in [-0.2, -0.15) is 0 Å². The van der Waals surface area contributed by atoms with E-state index in [0.717, 1.165) is 36.2 Å². The van der Waals surface area contributed by atoms with Crippen LogP contribution < -0.4 is 16.3 Å². The third-order valence-electron chi connectivity index (χ3n) is 6.03. The summed E-state index contributed by atoms with van der Waals surface area (Å²) in [5.74, 6) is -0.705. The smallest absolute Gasteiger partial charge is 0.312 e. The topological polar surface area (TPSA) is 85.1 Å². The molecular weight excluding hydrogens is 368 g/mol. The number of imide groups is 1. The first-order valence-electron chi connectivity index (χ1n) is 9.91. The number of hydrogen-bond donors (Lipinski definition) is 2. The monoisotopic (exact) mass is 390 g/mol. The number of rotatable bonds is 2. The molecule has 3 heterocycles. The minimum atomic E-state index is -0.674. The molecule has 1 saturated heterocycles. The molecule has 1 unspecified atom stereocenters. The van der Waals surface area contributed by atoms with Gasteiger partial charge in [-0.25, -0.2) is 4.79 Å². The van der Waals surface area contributed by atoms with E-state index in [4.69, 9.17) is 0 Å². The lowest BCUT2D eigenvalue weighted by Crippen LogP contribution is -2.44. The molecule has 1 fully saturated rings. The predicted octanol–water partition coefficient (Wildman–Crippen LogP) is 1.63. The number of hydrogen-bond acceptors (Lipinski definition) is 4. The number of piperidine rings is 1. The molecule has 2 aliphatic rings. The molecule has 29 heavy (non-hydrogen) atoms. The lowest BCUT2D eigenvalue weighted by molar-refractivity contribution is -0.135. The standard InChI is InChI=1S/C22H22N4O3/c1-25-20-16(14-6-5-13-9-10-23-12-15(13)11-14)3-2-4-17(20)26(22(25)29)18-7-8-19(27)24-21(18)28/h2-6,11,18,23H,7-10,12H2,1H3,(H,24,27,28). The highest BCUT2D eigenvalue weighted by molar-refractivity contribution is 6.00. The van der Waals surface area contributed by atoms with E-state index in [0.29, 0.717) is 11.9 Å². The summed E-state index contributed by atoms with van der Waals surface area (Å²) in [6.45, 7) is 1.83. The van der Waals surface area contributed by atoms with Gasteiger partial charge in [0.05, 0.1) is 11.0 Å². The zero-order valence-electron chi connectivity index (χ0n) is 16.2. The van der Waals surface area contributed by atoms with E-state index in [9.17, 15) is 14.4 Å². The van der Waals surface area contributed by atoms with Crippen LogP contribution in [0.2, 0.25) is 0 Å². The van der Waals surface area contributed by atoms with Crippen LogP contribution in [0.15, 0.2) is 41.2 Å². The number of imidazole rings is 1. The number of amides is 2. The fourth-order valence-electron chi connectivity index (χ4n) is 4.55. The number of nitrogens with one attached hydrogen (secondary N) is 2. The van der Waals surface area contributed by atoms with E-state index in [-0.39, 0.29) is 18.0 Å². The molecule has 2 amide bonds. The molecular formula is C22H22N4O3. The molecule has 1 atom stereocenters. The Morgan fingerprint density at radius 3 is 2.72 bits per heavy atom. The highest BCUT2D eigenvalue weighted by Crippen LogP contribution is 2.32. The highest BCUT2D eigenvalue weighted by atomic mass is 16.2. The normalized spacial score (nSPS) is 19.3. The fourth-order valence-corrected chi connectivity index (χ4v) is 4.55. The molecule has 3 aromatic rings. The van der Waals surface area contributed by atoms with Gasteiger partial charge in [-0.1, -0.05) is 24.3 Å². The van der Waals surface area contributed by atoms with E-state index < -0.39 is 11.9 Å². The number of carbonyl (C=O) groups is 2. The average Bonchev–Trinajstić information content (AvgIpc) is 2.98. The quantitative estimate of drug-likeness (QED) is 0.652. The van der Waals surface area contributed by atoms with Crippen molar-refractivity contribution in [2.75, 3.05) is 6.54 Å². The molecule has 0 aliphatic carbocycles. The van der Waals surface area contributed by atoms with Gasteiger partial charge in [-0.3, -0.25) is 24.0 Å². The Labute approximate surface area is 167 Å². The van der Waals surface area contributed by atoms with E-state index >= 15 is 0 Å². The van der Waals surface area contributed by atoms with Crippen molar-refractivity contribution in [1.29, 1.82) is 0 Å². The van der Waals surface area contributed by atoms with Crippen LogP contribution in [-0.2, 0) is 29.6 Å².